The van der Waals surface area contributed by atoms with E-state index in [1.165, 1.54) is 6.20 Å². The number of nitrogens with one attached hydrogen (secondary N) is 1. The lowest BCUT2D eigenvalue weighted by Gasteiger charge is -2.20. The first kappa shape index (κ1) is 13.2. The van der Waals surface area contributed by atoms with Gasteiger partial charge < -0.3 is 10.1 Å². The average Bonchev–Trinajstić information content (AvgIpc) is 2.75. The van der Waals surface area contributed by atoms with E-state index in [0.29, 0.717) is 11.7 Å². The quantitative estimate of drug-likeness (QED) is 0.887. The minimum Gasteiger partial charge on any atom is -0.378 e. The van der Waals surface area contributed by atoms with Crippen LogP contribution in [0, 0.1) is 5.82 Å². The molecule has 1 aromatic rings. The van der Waals surface area contributed by atoms with Crippen LogP contribution < -0.4 is 5.32 Å². The van der Waals surface area contributed by atoms with Crippen LogP contribution in [0.3, 0.4) is 0 Å². The molecule has 0 radical (unpaired) electrons. The van der Waals surface area contributed by atoms with Gasteiger partial charge in [0.15, 0.2) is 5.82 Å². The second-order valence-electron chi connectivity index (χ2n) is 4.93. The molecule has 0 spiro atoms. The number of likely N-dealkylation sites (tertiary alicyclic amines) is 1. The molecule has 18 heavy (non-hydrogen) atoms. The van der Waals surface area contributed by atoms with Crippen molar-refractivity contribution in [3.05, 3.63) is 24.3 Å². The summed E-state index contributed by atoms with van der Waals surface area (Å²) < 4.78 is 19.0. The molecule has 2 rings (SSSR count). The topological polar surface area (TPSA) is 37.4 Å². The third kappa shape index (κ3) is 2.79. The van der Waals surface area contributed by atoms with Gasteiger partial charge >= 0.3 is 0 Å². The molecule has 5 heteroatoms. The van der Waals surface area contributed by atoms with Crippen LogP contribution >= 0.6 is 0 Å². The number of hydrogen-bond donors (Lipinski definition) is 1. The molecule has 0 amide bonds. The van der Waals surface area contributed by atoms with E-state index in [0.717, 1.165) is 13.1 Å². The number of anilines is 1. The van der Waals surface area contributed by atoms with E-state index in [4.69, 9.17) is 4.74 Å². The summed E-state index contributed by atoms with van der Waals surface area (Å²) in [5.74, 6) is -0.324. The Balaban J connectivity index is 2.06. The monoisotopic (exact) mass is 253 g/mol. The molecule has 2 atom stereocenters. The fourth-order valence-corrected chi connectivity index (χ4v) is 2.29. The van der Waals surface area contributed by atoms with Crippen LogP contribution in [0.1, 0.15) is 13.8 Å². The van der Waals surface area contributed by atoms with Crippen molar-refractivity contribution in [1.29, 1.82) is 0 Å². The van der Waals surface area contributed by atoms with E-state index in [9.17, 15) is 4.39 Å². The second-order valence-corrected chi connectivity index (χ2v) is 4.93. The van der Waals surface area contributed by atoms with Gasteiger partial charge in [-0.05, 0) is 19.9 Å². The van der Waals surface area contributed by atoms with E-state index in [1.807, 2.05) is 0 Å². The SMILES string of the molecule is CO[C@H]1CN(C(C)C)C[C@@H]1Nc1ccncc1F. The summed E-state index contributed by atoms with van der Waals surface area (Å²) in [7, 11) is 1.70. The van der Waals surface area contributed by atoms with Gasteiger partial charge in [0.2, 0.25) is 0 Å². The minimum absolute atomic E-state index is 0.0833. The minimum atomic E-state index is -0.324. The molecule has 1 fully saturated rings. The van der Waals surface area contributed by atoms with Crippen LogP contribution in [0.4, 0.5) is 10.1 Å². The maximum Gasteiger partial charge on any atom is 0.164 e. The van der Waals surface area contributed by atoms with Crippen molar-refractivity contribution in [2.45, 2.75) is 32.0 Å². The van der Waals surface area contributed by atoms with Crippen molar-refractivity contribution in [1.82, 2.24) is 9.88 Å². The first-order valence-corrected chi connectivity index (χ1v) is 6.24. The number of ether oxygens (including phenoxy) is 1. The zero-order valence-corrected chi connectivity index (χ0v) is 11.1. The average molecular weight is 253 g/mol. The molecular weight excluding hydrogens is 233 g/mol. The zero-order chi connectivity index (χ0) is 13.1. The van der Waals surface area contributed by atoms with E-state index in [2.05, 4.69) is 29.0 Å². The summed E-state index contributed by atoms with van der Waals surface area (Å²) >= 11 is 0. The van der Waals surface area contributed by atoms with Crippen molar-refractivity contribution in [3.8, 4) is 0 Å². The largest absolute Gasteiger partial charge is 0.378 e. The van der Waals surface area contributed by atoms with E-state index in [-0.39, 0.29) is 18.0 Å². The highest BCUT2D eigenvalue weighted by Crippen LogP contribution is 2.21. The number of methoxy groups -OCH3 is 1. The van der Waals surface area contributed by atoms with E-state index < -0.39 is 0 Å². The lowest BCUT2D eigenvalue weighted by Crippen LogP contribution is -2.34. The van der Waals surface area contributed by atoms with Crippen LogP contribution in [0.5, 0.6) is 0 Å². The third-order valence-corrected chi connectivity index (χ3v) is 3.44. The number of rotatable bonds is 4. The predicted octanol–water partition coefficient (Wildman–Crippen LogP) is 1.74. The van der Waals surface area contributed by atoms with Gasteiger partial charge in [-0.3, -0.25) is 9.88 Å². The first-order chi connectivity index (χ1) is 8.61. The van der Waals surface area contributed by atoms with Gasteiger partial charge in [0.05, 0.1) is 24.0 Å². The normalized spacial score (nSPS) is 24.7. The van der Waals surface area contributed by atoms with Crippen LogP contribution in [0.2, 0.25) is 0 Å². The predicted molar refractivity (Wildman–Crippen MR) is 69.1 cm³/mol. The van der Waals surface area contributed by atoms with E-state index in [1.54, 1.807) is 19.4 Å². The molecule has 0 bridgehead atoms. The summed E-state index contributed by atoms with van der Waals surface area (Å²) in [6, 6.07) is 2.23. The highest BCUT2D eigenvalue weighted by atomic mass is 19.1. The van der Waals surface area contributed by atoms with Crippen molar-refractivity contribution in [3.63, 3.8) is 0 Å². The van der Waals surface area contributed by atoms with Crippen LogP contribution in [0.15, 0.2) is 18.5 Å². The molecule has 0 unspecified atom stereocenters. The highest BCUT2D eigenvalue weighted by Gasteiger charge is 2.34. The molecule has 1 N–H and O–H groups in total. The summed E-state index contributed by atoms with van der Waals surface area (Å²) in [4.78, 5) is 6.07. The molecule has 4 nitrogen and oxygen atoms in total. The lowest BCUT2D eigenvalue weighted by molar-refractivity contribution is 0.0983. The summed E-state index contributed by atoms with van der Waals surface area (Å²) in [5, 5.41) is 3.21. The number of pyridine rings is 1. The summed E-state index contributed by atoms with van der Waals surface area (Å²) in [6.45, 7) is 6.04. The van der Waals surface area contributed by atoms with Gasteiger partial charge in [0, 0.05) is 32.4 Å². The van der Waals surface area contributed by atoms with Crippen LogP contribution in [-0.2, 0) is 4.74 Å². The molecule has 1 aliphatic rings. The van der Waals surface area contributed by atoms with Gasteiger partial charge in [-0.25, -0.2) is 4.39 Å². The fraction of sp³-hybridized carbons (Fsp3) is 0.615. The van der Waals surface area contributed by atoms with Gasteiger partial charge in [-0.2, -0.15) is 0 Å². The maximum absolute atomic E-state index is 13.6. The summed E-state index contributed by atoms with van der Waals surface area (Å²) in [5.41, 5.74) is 0.489. The molecule has 1 saturated heterocycles. The molecular formula is C13H20FN3O. The molecule has 0 aliphatic carbocycles. The Morgan fingerprint density at radius 2 is 2.28 bits per heavy atom. The Labute approximate surface area is 107 Å². The fourth-order valence-electron chi connectivity index (χ4n) is 2.29. The lowest BCUT2D eigenvalue weighted by atomic mass is 10.2. The molecule has 2 heterocycles. The van der Waals surface area contributed by atoms with Crippen LogP contribution in [-0.4, -0.2) is 48.3 Å². The molecule has 1 aliphatic heterocycles. The first-order valence-electron chi connectivity index (χ1n) is 6.24. The van der Waals surface area contributed by atoms with Crippen molar-refractivity contribution < 1.29 is 9.13 Å². The maximum atomic E-state index is 13.6. The smallest absolute Gasteiger partial charge is 0.164 e. The van der Waals surface area contributed by atoms with E-state index >= 15 is 0 Å². The Morgan fingerprint density at radius 1 is 1.50 bits per heavy atom. The van der Waals surface area contributed by atoms with Crippen LogP contribution in [0.25, 0.3) is 0 Å². The Kier molecular flexibility index (Phi) is 4.14. The number of nitrogens with zero attached hydrogens (tertiary/aromatic N) is 2. The van der Waals surface area contributed by atoms with Gasteiger partial charge in [-0.15, -0.1) is 0 Å². The van der Waals surface area contributed by atoms with Crippen molar-refractivity contribution in [2.75, 3.05) is 25.5 Å². The summed E-state index contributed by atoms with van der Waals surface area (Å²) in [6.07, 6.45) is 2.89. The van der Waals surface area contributed by atoms with Gasteiger partial charge in [-0.1, -0.05) is 0 Å². The Bertz CT molecular complexity index is 400. The standard InChI is InChI=1S/C13H20FN3O/c1-9(2)17-7-12(13(8-17)18-3)16-11-4-5-15-6-10(11)14/h4-6,9,12-13H,7-8H2,1-3H3,(H,15,16)/t12-,13-/m0/s1. The molecule has 0 aromatic carbocycles. The van der Waals surface area contributed by atoms with Crippen molar-refractivity contribution in [2.24, 2.45) is 0 Å². The highest BCUT2D eigenvalue weighted by molar-refractivity contribution is 5.44. The van der Waals surface area contributed by atoms with Crippen molar-refractivity contribution >= 4 is 5.69 Å². The Morgan fingerprint density at radius 3 is 2.89 bits per heavy atom. The van der Waals surface area contributed by atoms with Gasteiger partial charge in [0.1, 0.15) is 0 Å². The third-order valence-electron chi connectivity index (χ3n) is 3.44. The molecule has 1 aromatic heterocycles. The Hall–Kier alpha value is -1.20. The molecule has 0 saturated carbocycles. The molecule has 100 valence electrons. The number of hydrogen-bond acceptors (Lipinski definition) is 4. The zero-order valence-electron chi connectivity index (χ0n) is 11.1. The second kappa shape index (κ2) is 5.63. The number of aromatic nitrogens is 1. The number of halogens is 1. The van der Waals surface area contributed by atoms with Gasteiger partial charge in [0.25, 0.3) is 0 Å².